The van der Waals surface area contributed by atoms with E-state index in [1.807, 2.05) is 13.0 Å². The van der Waals surface area contributed by atoms with Crippen molar-refractivity contribution in [2.75, 3.05) is 33.2 Å². The van der Waals surface area contributed by atoms with Gasteiger partial charge < -0.3 is 4.90 Å². The second-order valence-electron chi connectivity index (χ2n) is 5.20. The van der Waals surface area contributed by atoms with Gasteiger partial charge in [-0.2, -0.15) is 13.1 Å². The summed E-state index contributed by atoms with van der Waals surface area (Å²) in [5.41, 5.74) is 1.89. The van der Waals surface area contributed by atoms with E-state index in [1.165, 1.54) is 4.90 Å². The van der Waals surface area contributed by atoms with Crippen LogP contribution in [0, 0.1) is 6.92 Å². The summed E-state index contributed by atoms with van der Waals surface area (Å²) in [6, 6.07) is 3.62. The zero-order valence-corrected chi connectivity index (χ0v) is 13.1. The molecule has 8 heteroatoms. The van der Waals surface area contributed by atoms with E-state index in [-0.39, 0.29) is 0 Å². The van der Waals surface area contributed by atoms with Crippen LogP contribution in [0.2, 0.25) is 0 Å². The van der Waals surface area contributed by atoms with Gasteiger partial charge in [0.1, 0.15) is 15.9 Å². The smallest absolute Gasteiger partial charge is 0.246 e. The summed E-state index contributed by atoms with van der Waals surface area (Å²) in [7, 11) is -1.40. The molecule has 0 spiro atoms. The molecule has 0 aliphatic carbocycles. The van der Waals surface area contributed by atoms with Crippen LogP contribution in [-0.4, -0.2) is 54.7 Å². The van der Waals surface area contributed by atoms with E-state index in [2.05, 4.69) is 15.8 Å². The largest absolute Gasteiger partial charge is 0.335 e. The highest BCUT2D eigenvalue weighted by atomic mass is 32.2. The number of quaternary nitrogens is 1. The molecule has 2 aromatic rings. The Morgan fingerprint density at radius 3 is 2.65 bits per heavy atom. The number of likely N-dealkylation sites (N-methyl/N-ethyl adjacent to an activating group) is 1. The van der Waals surface area contributed by atoms with Crippen LogP contribution in [-0.2, 0) is 10.0 Å². The zero-order chi connectivity index (χ0) is 14.3. The third-order valence-corrected chi connectivity index (χ3v) is 6.37. The third kappa shape index (κ3) is 2.22. The van der Waals surface area contributed by atoms with Crippen molar-refractivity contribution in [3.63, 3.8) is 0 Å². The van der Waals surface area contributed by atoms with Crippen LogP contribution < -0.4 is 4.90 Å². The Bertz CT molecular complexity index is 733. The van der Waals surface area contributed by atoms with Crippen molar-refractivity contribution < 1.29 is 13.3 Å². The number of nitrogens with one attached hydrogen (secondary N) is 1. The first-order valence-electron chi connectivity index (χ1n) is 6.53. The molecular formula is C12H17N4O2S2+. The molecule has 1 aromatic heterocycles. The topological polar surface area (TPSA) is 67.6 Å². The number of fused-ring (bicyclic) bond motifs is 1. The summed E-state index contributed by atoms with van der Waals surface area (Å²) in [5.74, 6) is 0. The van der Waals surface area contributed by atoms with Crippen LogP contribution in [0.15, 0.2) is 17.0 Å². The Balaban J connectivity index is 2.09. The third-order valence-electron chi connectivity index (χ3n) is 3.75. The molecule has 1 fully saturated rings. The molecular weight excluding hydrogens is 296 g/mol. The molecule has 0 saturated carbocycles. The van der Waals surface area contributed by atoms with Gasteiger partial charge in [0.15, 0.2) is 0 Å². The van der Waals surface area contributed by atoms with Gasteiger partial charge in [0.2, 0.25) is 10.0 Å². The predicted molar refractivity (Wildman–Crippen MR) is 77.5 cm³/mol. The average Bonchev–Trinajstić information content (AvgIpc) is 2.86. The van der Waals surface area contributed by atoms with E-state index in [0.717, 1.165) is 30.4 Å². The van der Waals surface area contributed by atoms with Crippen molar-refractivity contribution in [1.82, 2.24) is 13.1 Å². The molecule has 1 aliphatic heterocycles. The van der Waals surface area contributed by atoms with Crippen molar-refractivity contribution in [1.29, 1.82) is 0 Å². The molecule has 0 amide bonds. The molecule has 1 saturated heterocycles. The number of piperazine rings is 1. The number of nitrogens with zero attached hydrogens (tertiary/aromatic N) is 3. The fourth-order valence-corrected chi connectivity index (χ4v) is 4.88. The van der Waals surface area contributed by atoms with Gasteiger partial charge in [-0.3, -0.25) is 0 Å². The molecule has 0 radical (unpaired) electrons. The van der Waals surface area contributed by atoms with Crippen LogP contribution >= 0.6 is 11.7 Å². The monoisotopic (exact) mass is 313 g/mol. The standard InChI is InChI=1S/C12H16N4O2S2/c1-9-3-4-10-11(14-19-13-10)12(9)20(17,18)16-7-5-15(2)6-8-16/h3-4H,5-8H2,1-2H3/p+1. The maximum atomic E-state index is 12.9. The van der Waals surface area contributed by atoms with Crippen molar-refractivity contribution in [3.05, 3.63) is 17.7 Å². The number of hydrogen-bond acceptors (Lipinski definition) is 5. The van der Waals surface area contributed by atoms with Gasteiger partial charge in [-0.1, -0.05) is 6.07 Å². The molecule has 2 heterocycles. The molecule has 1 aromatic carbocycles. The SMILES string of the molecule is Cc1ccc2nsnc2c1S(=O)(=O)N1CC[NH+](C)CC1. The minimum Gasteiger partial charge on any atom is -0.335 e. The molecule has 6 nitrogen and oxygen atoms in total. The Morgan fingerprint density at radius 2 is 1.95 bits per heavy atom. The van der Waals surface area contributed by atoms with E-state index < -0.39 is 10.0 Å². The highest BCUT2D eigenvalue weighted by Gasteiger charge is 2.32. The first-order chi connectivity index (χ1) is 9.50. The van der Waals surface area contributed by atoms with E-state index in [4.69, 9.17) is 0 Å². The van der Waals surface area contributed by atoms with Crippen LogP contribution in [0.1, 0.15) is 5.56 Å². The predicted octanol–water partition coefficient (Wildman–Crippen LogP) is -0.481. The van der Waals surface area contributed by atoms with E-state index in [9.17, 15) is 8.42 Å². The van der Waals surface area contributed by atoms with Gasteiger partial charge in [-0.05, 0) is 18.6 Å². The molecule has 20 heavy (non-hydrogen) atoms. The zero-order valence-electron chi connectivity index (χ0n) is 11.5. The van der Waals surface area contributed by atoms with Gasteiger partial charge in [-0.25, -0.2) is 8.42 Å². The lowest BCUT2D eigenvalue weighted by molar-refractivity contribution is -0.883. The van der Waals surface area contributed by atoms with Gasteiger partial charge in [-0.15, -0.1) is 0 Å². The van der Waals surface area contributed by atoms with Crippen molar-refractivity contribution >= 4 is 32.8 Å². The summed E-state index contributed by atoms with van der Waals surface area (Å²) in [4.78, 5) is 1.69. The maximum Gasteiger partial charge on any atom is 0.246 e. The average molecular weight is 313 g/mol. The summed E-state index contributed by atoms with van der Waals surface area (Å²) in [6.45, 7) is 4.60. The number of sulfonamides is 1. The van der Waals surface area contributed by atoms with E-state index in [1.54, 1.807) is 10.4 Å². The van der Waals surface area contributed by atoms with Gasteiger partial charge in [0.05, 0.1) is 45.0 Å². The Kier molecular flexibility index (Phi) is 3.49. The Labute approximate surface area is 122 Å². The molecule has 1 aliphatic rings. The van der Waals surface area contributed by atoms with Gasteiger partial charge in [0.25, 0.3) is 0 Å². The van der Waals surface area contributed by atoms with Crippen molar-refractivity contribution in [2.24, 2.45) is 0 Å². The quantitative estimate of drug-likeness (QED) is 0.813. The number of hydrogen-bond donors (Lipinski definition) is 1. The summed E-state index contributed by atoms with van der Waals surface area (Å²) >= 11 is 1.05. The molecule has 0 atom stereocenters. The fourth-order valence-electron chi connectivity index (χ4n) is 2.49. The number of benzene rings is 1. The maximum absolute atomic E-state index is 12.9. The van der Waals surface area contributed by atoms with Crippen LogP contribution in [0.3, 0.4) is 0 Å². The number of aromatic nitrogens is 2. The Hall–Kier alpha value is -1.09. The van der Waals surface area contributed by atoms with Crippen LogP contribution in [0.5, 0.6) is 0 Å². The number of aryl methyl sites for hydroxylation is 1. The van der Waals surface area contributed by atoms with Crippen molar-refractivity contribution in [3.8, 4) is 0 Å². The molecule has 1 N–H and O–H groups in total. The second kappa shape index (κ2) is 5.03. The Morgan fingerprint density at radius 1 is 1.25 bits per heavy atom. The van der Waals surface area contributed by atoms with E-state index >= 15 is 0 Å². The molecule has 108 valence electrons. The summed E-state index contributed by atoms with van der Waals surface area (Å²) in [5, 5.41) is 0. The first-order valence-corrected chi connectivity index (χ1v) is 8.70. The molecule has 0 bridgehead atoms. The molecule has 0 unspecified atom stereocenters. The lowest BCUT2D eigenvalue weighted by Crippen LogP contribution is -3.12. The minimum atomic E-state index is -3.49. The van der Waals surface area contributed by atoms with Gasteiger partial charge >= 0.3 is 0 Å². The van der Waals surface area contributed by atoms with Crippen LogP contribution in [0.25, 0.3) is 11.0 Å². The lowest BCUT2D eigenvalue weighted by atomic mass is 10.2. The minimum absolute atomic E-state index is 0.323. The second-order valence-corrected chi connectivity index (χ2v) is 7.61. The highest BCUT2D eigenvalue weighted by molar-refractivity contribution is 7.89. The van der Waals surface area contributed by atoms with Crippen LogP contribution in [0.4, 0.5) is 0 Å². The first kappa shape index (κ1) is 13.9. The summed E-state index contributed by atoms with van der Waals surface area (Å²) in [6.07, 6.45) is 0. The van der Waals surface area contributed by atoms with Gasteiger partial charge in [0, 0.05) is 0 Å². The highest BCUT2D eigenvalue weighted by Crippen LogP contribution is 2.27. The summed E-state index contributed by atoms with van der Waals surface area (Å²) < 4.78 is 35.6. The van der Waals surface area contributed by atoms with E-state index in [0.29, 0.717) is 29.0 Å². The normalized spacial score (nSPS) is 18.7. The molecule has 3 rings (SSSR count). The number of rotatable bonds is 2. The van der Waals surface area contributed by atoms with Crippen molar-refractivity contribution in [2.45, 2.75) is 11.8 Å². The lowest BCUT2D eigenvalue weighted by Gasteiger charge is -2.29. The fraction of sp³-hybridized carbons (Fsp3) is 0.500.